The molecule has 12 heavy (non-hydrogen) atoms. The lowest BCUT2D eigenvalue weighted by atomic mass is 10.2. The van der Waals surface area contributed by atoms with Gasteiger partial charge in [-0.1, -0.05) is 0 Å². The third-order valence-electron chi connectivity index (χ3n) is 1.83. The third kappa shape index (κ3) is 1.95. The maximum atomic E-state index is 5.62. The van der Waals surface area contributed by atoms with E-state index >= 15 is 0 Å². The Labute approximate surface area is 75.5 Å². The molecular weight excluding hydrogens is 174 g/mol. The highest BCUT2D eigenvalue weighted by atomic mass is 32.1. The van der Waals surface area contributed by atoms with Crippen LogP contribution >= 0.6 is 11.5 Å². The van der Waals surface area contributed by atoms with Gasteiger partial charge in [-0.15, -0.1) is 0 Å². The van der Waals surface area contributed by atoms with Crippen molar-refractivity contribution in [2.24, 2.45) is 0 Å². The predicted molar refractivity (Wildman–Crippen MR) is 46.6 cm³/mol. The Balaban J connectivity index is 1.86. The molecule has 0 radical (unpaired) electrons. The van der Waals surface area contributed by atoms with Gasteiger partial charge in [-0.3, -0.25) is 0 Å². The van der Waals surface area contributed by atoms with Gasteiger partial charge in [0.05, 0.1) is 18.2 Å². The molecule has 0 aromatic carbocycles. The van der Waals surface area contributed by atoms with Gasteiger partial charge >= 0.3 is 0 Å². The second-order valence-corrected chi connectivity index (χ2v) is 3.47. The monoisotopic (exact) mass is 185 g/mol. The van der Waals surface area contributed by atoms with Crippen LogP contribution in [0.4, 0.5) is 0 Å². The van der Waals surface area contributed by atoms with Crippen LogP contribution in [0.5, 0.6) is 5.75 Å². The van der Waals surface area contributed by atoms with Crippen LogP contribution in [-0.2, 0) is 4.74 Å². The van der Waals surface area contributed by atoms with E-state index in [1.165, 1.54) is 11.5 Å². The van der Waals surface area contributed by atoms with Crippen molar-refractivity contribution in [3.05, 3.63) is 11.6 Å². The molecule has 0 bridgehead atoms. The number of nitrogens with zero attached hydrogens (tertiary/aromatic N) is 1. The summed E-state index contributed by atoms with van der Waals surface area (Å²) in [4.78, 5) is 0. The van der Waals surface area contributed by atoms with E-state index in [0.717, 1.165) is 31.8 Å². The van der Waals surface area contributed by atoms with Crippen molar-refractivity contribution in [3.63, 3.8) is 0 Å². The van der Waals surface area contributed by atoms with E-state index in [0.29, 0.717) is 0 Å². The van der Waals surface area contributed by atoms with Gasteiger partial charge in [-0.25, -0.2) is 0 Å². The lowest BCUT2D eigenvalue weighted by Gasteiger charge is -2.22. The molecule has 1 aliphatic rings. The molecule has 1 aliphatic heterocycles. The van der Waals surface area contributed by atoms with Gasteiger partial charge in [0.2, 0.25) is 0 Å². The third-order valence-corrected chi connectivity index (χ3v) is 2.40. The molecule has 66 valence electrons. The Hall–Kier alpha value is -0.610. The molecule has 1 atom stereocenters. The Kier molecular flexibility index (Phi) is 2.58. The van der Waals surface area contributed by atoms with E-state index in [9.17, 15) is 0 Å². The fourth-order valence-corrected chi connectivity index (χ4v) is 1.70. The molecule has 2 rings (SSSR count). The van der Waals surface area contributed by atoms with Crippen LogP contribution in [0.3, 0.4) is 0 Å². The molecule has 1 unspecified atom stereocenters. The lowest BCUT2D eigenvalue weighted by molar-refractivity contribution is 0.00753. The van der Waals surface area contributed by atoms with Crippen molar-refractivity contribution in [3.8, 4) is 5.75 Å². The Morgan fingerprint density at radius 1 is 1.67 bits per heavy atom. The number of hydrogen-bond acceptors (Lipinski definition) is 4. The van der Waals surface area contributed by atoms with Crippen LogP contribution in [0.2, 0.25) is 0 Å². The van der Waals surface area contributed by atoms with E-state index in [4.69, 9.17) is 9.47 Å². The first-order valence-corrected chi connectivity index (χ1v) is 4.92. The Morgan fingerprint density at radius 3 is 3.33 bits per heavy atom. The number of aromatic nitrogens is 1. The van der Waals surface area contributed by atoms with Gasteiger partial charge in [0.15, 0.2) is 5.75 Å². The largest absolute Gasteiger partial charge is 0.485 e. The standard InChI is InChI=1S/C8H11NO2S/c1-2-7(5-10-3-1)11-8-4-9-12-6-8/h4,6-7H,1-3,5H2. The SMILES string of the molecule is c1nscc1OC1CCCOC1. The van der Waals surface area contributed by atoms with Crippen molar-refractivity contribution < 1.29 is 9.47 Å². The average Bonchev–Trinajstić information content (AvgIpc) is 2.59. The minimum absolute atomic E-state index is 0.232. The first kappa shape index (κ1) is 8.01. The fourth-order valence-electron chi connectivity index (χ4n) is 1.25. The van der Waals surface area contributed by atoms with Gasteiger partial charge < -0.3 is 9.47 Å². The lowest BCUT2D eigenvalue weighted by Crippen LogP contribution is -2.27. The zero-order chi connectivity index (χ0) is 8.23. The molecule has 0 saturated carbocycles. The number of ether oxygens (including phenoxy) is 2. The summed E-state index contributed by atoms with van der Waals surface area (Å²) >= 11 is 1.41. The summed E-state index contributed by atoms with van der Waals surface area (Å²) in [7, 11) is 0. The fraction of sp³-hybridized carbons (Fsp3) is 0.625. The maximum Gasteiger partial charge on any atom is 0.150 e. The summed E-state index contributed by atoms with van der Waals surface area (Å²) in [5, 5.41) is 1.91. The van der Waals surface area contributed by atoms with Crippen LogP contribution in [0.1, 0.15) is 12.8 Å². The van der Waals surface area contributed by atoms with Crippen LogP contribution in [0.25, 0.3) is 0 Å². The summed E-state index contributed by atoms with van der Waals surface area (Å²) in [6, 6.07) is 0. The van der Waals surface area contributed by atoms with Gasteiger partial charge in [-0.05, 0) is 24.4 Å². The molecule has 0 amide bonds. The summed E-state index contributed by atoms with van der Waals surface area (Å²) in [6.45, 7) is 1.59. The number of rotatable bonds is 2. The molecule has 0 aliphatic carbocycles. The minimum atomic E-state index is 0.232. The molecule has 2 heterocycles. The quantitative estimate of drug-likeness (QED) is 0.702. The van der Waals surface area contributed by atoms with E-state index in [2.05, 4.69) is 4.37 Å². The molecular formula is C8H11NO2S. The van der Waals surface area contributed by atoms with Crippen molar-refractivity contribution in [1.29, 1.82) is 0 Å². The van der Waals surface area contributed by atoms with Gasteiger partial charge in [0, 0.05) is 6.61 Å². The zero-order valence-corrected chi connectivity index (χ0v) is 7.55. The first-order valence-electron chi connectivity index (χ1n) is 4.09. The molecule has 0 N–H and O–H groups in total. The van der Waals surface area contributed by atoms with Crippen molar-refractivity contribution >= 4 is 11.5 Å². The van der Waals surface area contributed by atoms with Crippen molar-refractivity contribution in [2.45, 2.75) is 18.9 Å². The van der Waals surface area contributed by atoms with Crippen LogP contribution in [-0.4, -0.2) is 23.7 Å². The topological polar surface area (TPSA) is 31.4 Å². The summed E-state index contributed by atoms with van der Waals surface area (Å²) < 4.78 is 14.9. The molecule has 0 spiro atoms. The van der Waals surface area contributed by atoms with E-state index in [-0.39, 0.29) is 6.10 Å². The normalized spacial score (nSPS) is 23.8. The number of hydrogen-bond donors (Lipinski definition) is 0. The highest BCUT2D eigenvalue weighted by molar-refractivity contribution is 7.03. The second kappa shape index (κ2) is 3.87. The van der Waals surface area contributed by atoms with Crippen LogP contribution < -0.4 is 4.74 Å². The van der Waals surface area contributed by atoms with E-state index in [1.54, 1.807) is 6.20 Å². The molecule has 1 aromatic heterocycles. The smallest absolute Gasteiger partial charge is 0.150 e. The van der Waals surface area contributed by atoms with Crippen LogP contribution in [0.15, 0.2) is 11.6 Å². The highest BCUT2D eigenvalue weighted by Crippen LogP contribution is 2.17. The summed E-state index contributed by atoms with van der Waals surface area (Å²) in [5.74, 6) is 0.871. The first-order chi connectivity index (χ1) is 5.95. The van der Waals surface area contributed by atoms with Gasteiger partial charge in [0.25, 0.3) is 0 Å². The Bertz CT molecular complexity index is 219. The van der Waals surface area contributed by atoms with E-state index < -0.39 is 0 Å². The maximum absolute atomic E-state index is 5.62. The van der Waals surface area contributed by atoms with Crippen molar-refractivity contribution in [2.75, 3.05) is 13.2 Å². The second-order valence-electron chi connectivity index (χ2n) is 2.82. The summed E-state index contributed by atoms with van der Waals surface area (Å²) in [5.41, 5.74) is 0. The van der Waals surface area contributed by atoms with Crippen molar-refractivity contribution in [1.82, 2.24) is 4.37 Å². The Morgan fingerprint density at radius 2 is 2.67 bits per heavy atom. The zero-order valence-electron chi connectivity index (χ0n) is 6.73. The predicted octanol–water partition coefficient (Wildman–Crippen LogP) is 1.70. The van der Waals surface area contributed by atoms with Gasteiger partial charge in [-0.2, -0.15) is 4.37 Å². The van der Waals surface area contributed by atoms with Gasteiger partial charge in [0.1, 0.15) is 6.10 Å². The van der Waals surface area contributed by atoms with E-state index in [1.807, 2.05) is 5.38 Å². The average molecular weight is 185 g/mol. The molecule has 3 nitrogen and oxygen atoms in total. The molecule has 4 heteroatoms. The molecule has 1 saturated heterocycles. The highest BCUT2D eigenvalue weighted by Gasteiger charge is 2.15. The molecule has 1 aromatic rings. The molecule has 1 fully saturated rings. The van der Waals surface area contributed by atoms with Crippen LogP contribution in [0, 0.1) is 0 Å². The summed E-state index contributed by atoms with van der Waals surface area (Å²) in [6.07, 6.45) is 4.17. The minimum Gasteiger partial charge on any atom is -0.485 e.